The minimum absolute atomic E-state index is 0.283. The van der Waals surface area contributed by atoms with Gasteiger partial charge in [-0.2, -0.15) is 0 Å². The van der Waals surface area contributed by atoms with Crippen LogP contribution in [0.5, 0.6) is 0 Å². The Morgan fingerprint density at radius 3 is 2.94 bits per heavy atom. The molecule has 0 N–H and O–H groups in total. The van der Waals surface area contributed by atoms with Crippen LogP contribution < -0.4 is 0 Å². The van der Waals surface area contributed by atoms with Gasteiger partial charge in [-0.1, -0.05) is 41.9 Å². The molecule has 1 aromatic rings. The largest absolute Gasteiger partial charge is 0.338 e. The number of benzene rings is 1. The standard InChI is InChI=1S/C14H18BrNO/c1-10(2)8-14(17)16-7-6-12-11(9-16)4-3-5-13(12)15/h3-5,10H,6-9H2,1-2H3. The van der Waals surface area contributed by atoms with E-state index in [9.17, 15) is 4.79 Å². The van der Waals surface area contributed by atoms with Gasteiger partial charge in [0.25, 0.3) is 0 Å². The lowest BCUT2D eigenvalue weighted by Crippen LogP contribution is -2.36. The van der Waals surface area contributed by atoms with Gasteiger partial charge in [0.15, 0.2) is 0 Å². The monoisotopic (exact) mass is 295 g/mol. The average Bonchev–Trinajstić information content (AvgIpc) is 2.28. The van der Waals surface area contributed by atoms with Crippen LogP contribution >= 0.6 is 15.9 Å². The molecule has 1 aliphatic heterocycles. The van der Waals surface area contributed by atoms with Crippen molar-refractivity contribution in [3.05, 3.63) is 33.8 Å². The Labute approximate surface area is 111 Å². The summed E-state index contributed by atoms with van der Waals surface area (Å²) in [5, 5.41) is 0. The quantitative estimate of drug-likeness (QED) is 0.819. The summed E-state index contributed by atoms with van der Waals surface area (Å²) in [6.07, 6.45) is 1.62. The van der Waals surface area contributed by atoms with Gasteiger partial charge in [-0.05, 0) is 29.5 Å². The highest BCUT2D eigenvalue weighted by Gasteiger charge is 2.21. The zero-order chi connectivity index (χ0) is 12.4. The van der Waals surface area contributed by atoms with E-state index in [1.165, 1.54) is 15.6 Å². The smallest absolute Gasteiger partial charge is 0.223 e. The van der Waals surface area contributed by atoms with Crippen LogP contribution in [0.1, 0.15) is 31.4 Å². The maximum Gasteiger partial charge on any atom is 0.223 e. The van der Waals surface area contributed by atoms with E-state index in [1.807, 2.05) is 11.0 Å². The number of halogens is 1. The molecule has 92 valence electrons. The van der Waals surface area contributed by atoms with Gasteiger partial charge in [0.1, 0.15) is 0 Å². The fraction of sp³-hybridized carbons (Fsp3) is 0.500. The minimum Gasteiger partial charge on any atom is -0.338 e. The van der Waals surface area contributed by atoms with Crippen LogP contribution in [0.2, 0.25) is 0 Å². The molecule has 1 heterocycles. The molecule has 1 aliphatic rings. The van der Waals surface area contributed by atoms with Crippen molar-refractivity contribution in [3.63, 3.8) is 0 Å². The number of hydrogen-bond acceptors (Lipinski definition) is 1. The maximum absolute atomic E-state index is 12.0. The molecule has 3 heteroatoms. The van der Waals surface area contributed by atoms with Gasteiger partial charge in [-0.15, -0.1) is 0 Å². The number of carbonyl (C=O) groups is 1. The van der Waals surface area contributed by atoms with E-state index < -0.39 is 0 Å². The molecule has 1 aromatic carbocycles. The van der Waals surface area contributed by atoms with Crippen molar-refractivity contribution in [3.8, 4) is 0 Å². The van der Waals surface area contributed by atoms with Crippen molar-refractivity contribution in [2.75, 3.05) is 6.54 Å². The van der Waals surface area contributed by atoms with Crippen LogP contribution in [0.4, 0.5) is 0 Å². The Bertz CT molecular complexity index is 428. The summed E-state index contributed by atoms with van der Waals surface area (Å²) in [5.41, 5.74) is 2.64. The van der Waals surface area contributed by atoms with Gasteiger partial charge in [-0.3, -0.25) is 4.79 Å². The zero-order valence-electron chi connectivity index (χ0n) is 10.4. The van der Waals surface area contributed by atoms with Crippen molar-refractivity contribution in [1.29, 1.82) is 0 Å². The molecule has 0 radical (unpaired) electrons. The Morgan fingerprint density at radius 2 is 2.24 bits per heavy atom. The molecule has 0 saturated carbocycles. The minimum atomic E-state index is 0.283. The van der Waals surface area contributed by atoms with Crippen LogP contribution in [0, 0.1) is 5.92 Å². The summed E-state index contributed by atoms with van der Waals surface area (Å²) >= 11 is 3.58. The third-order valence-electron chi connectivity index (χ3n) is 3.14. The second-order valence-electron chi connectivity index (χ2n) is 5.04. The number of carbonyl (C=O) groups excluding carboxylic acids is 1. The molecule has 0 atom stereocenters. The van der Waals surface area contributed by atoms with E-state index in [0.717, 1.165) is 19.5 Å². The zero-order valence-corrected chi connectivity index (χ0v) is 12.0. The molecular formula is C14H18BrNO. The molecule has 2 rings (SSSR count). The van der Waals surface area contributed by atoms with E-state index in [4.69, 9.17) is 0 Å². The van der Waals surface area contributed by atoms with Crippen molar-refractivity contribution in [1.82, 2.24) is 4.90 Å². The average molecular weight is 296 g/mol. The number of nitrogens with zero attached hydrogens (tertiary/aromatic N) is 1. The molecule has 0 unspecified atom stereocenters. The second kappa shape index (κ2) is 5.21. The molecule has 17 heavy (non-hydrogen) atoms. The first-order valence-electron chi connectivity index (χ1n) is 6.12. The van der Waals surface area contributed by atoms with Crippen LogP contribution in [-0.2, 0) is 17.8 Å². The summed E-state index contributed by atoms with van der Waals surface area (Å²) in [4.78, 5) is 14.0. The molecule has 0 fully saturated rings. The van der Waals surface area contributed by atoms with Crippen LogP contribution in [0.15, 0.2) is 22.7 Å². The lowest BCUT2D eigenvalue weighted by Gasteiger charge is -2.30. The molecule has 0 bridgehead atoms. The highest BCUT2D eigenvalue weighted by molar-refractivity contribution is 9.10. The summed E-state index contributed by atoms with van der Waals surface area (Å²) in [7, 11) is 0. The summed E-state index contributed by atoms with van der Waals surface area (Å²) in [6.45, 7) is 5.79. The summed E-state index contributed by atoms with van der Waals surface area (Å²) in [5.74, 6) is 0.719. The van der Waals surface area contributed by atoms with E-state index in [2.05, 4.69) is 41.9 Å². The van der Waals surface area contributed by atoms with Crippen LogP contribution in [0.3, 0.4) is 0 Å². The lowest BCUT2D eigenvalue weighted by atomic mass is 9.99. The molecule has 2 nitrogen and oxygen atoms in total. The first-order chi connectivity index (χ1) is 8.08. The highest BCUT2D eigenvalue weighted by atomic mass is 79.9. The van der Waals surface area contributed by atoms with Crippen LogP contribution in [-0.4, -0.2) is 17.4 Å². The summed E-state index contributed by atoms with van der Waals surface area (Å²) in [6, 6.07) is 6.23. The normalized spacial score (nSPS) is 14.9. The Hall–Kier alpha value is -0.830. The third kappa shape index (κ3) is 2.89. The molecule has 1 amide bonds. The van der Waals surface area contributed by atoms with E-state index in [0.29, 0.717) is 12.3 Å². The molecule has 0 spiro atoms. The predicted octanol–water partition coefficient (Wildman–Crippen LogP) is 3.38. The highest BCUT2D eigenvalue weighted by Crippen LogP contribution is 2.26. The maximum atomic E-state index is 12.0. The first kappa shape index (κ1) is 12.6. The van der Waals surface area contributed by atoms with Gasteiger partial charge in [0, 0.05) is 24.0 Å². The Morgan fingerprint density at radius 1 is 1.47 bits per heavy atom. The van der Waals surface area contributed by atoms with Crippen molar-refractivity contribution in [2.24, 2.45) is 5.92 Å². The number of amides is 1. The topological polar surface area (TPSA) is 20.3 Å². The van der Waals surface area contributed by atoms with Crippen molar-refractivity contribution >= 4 is 21.8 Å². The lowest BCUT2D eigenvalue weighted by molar-refractivity contribution is -0.132. The predicted molar refractivity (Wildman–Crippen MR) is 72.7 cm³/mol. The van der Waals surface area contributed by atoms with E-state index in [1.54, 1.807) is 0 Å². The third-order valence-corrected chi connectivity index (χ3v) is 3.89. The van der Waals surface area contributed by atoms with Gasteiger partial charge >= 0.3 is 0 Å². The van der Waals surface area contributed by atoms with Gasteiger partial charge in [0.2, 0.25) is 5.91 Å². The summed E-state index contributed by atoms with van der Waals surface area (Å²) < 4.78 is 1.17. The van der Waals surface area contributed by atoms with Gasteiger partial charge in [0.05, 0.1) is 0 Å². The fourth-order valence-corrected chi connectivity index (χ4v) is 2.86. The van der Waals surface area contributed by atoms with Gasteiger partial charge < -0.3 is 4.90 Å². The number of rotatable bonds is 2. The van der Waals surface area contributed by atoms with Crippen molar-refractivity contribution in [2.45, 2.75) is 33.2 Å². The van der Waals surface area contributed by atoms with Gasteiger partial charge in [-0.25, -0.2) is 0 Å². The fourth-order valence-electron chi connectivity index (χ4n) is 2.25. The SMILES string of the molecule is CC(C)CC(=O)N1CCc2c(Br)cccc2C1. The van der Waals surface area contributed by atoms with E-state index >= 15 is 0 Å². The first-order valence-corrected chi connectivity index (χ1v) is 6.91. The molecule has 0 saturated heterocycles. The molecular weight excluding hydrogens is 278 g/mol. The Kier molecular flexibility index (Phi) is 3.87. The van der Waals surface area contributed by atoms with Crippen LogP contribution in [0.25, 0.3) is 0 Å². The van der Waals surface area contributed by atoms with Crippen molar-refractivity contribution < 1.29 is 4.79 Å². The Balaban J connectivity index is 2.11. The molecule has 0 aliphatic carbocycles. The number of fused-ring (bicyclic) bond motifs is 1. The number of hydrogen-bond donors (Lipinski definition) is 0. The molecule has 0 aromatic heterocycles. The second-order valence-corrected chi connectivity index (χ2v) is 5.90. The van der Waals surface area contributed by atoms with E-state index in [-0.39, 0.29) is 5.91 Å².